The molecule has 1 heterocycles. The van der Waals surface area contributed by atoms with Crippen molar-refractivity contribution in [1.29, 1.82) is 0 Å². The minimum atomic E-state index is -0.792. The first-order chi connectivity index (χ1) is 12.0. The Balaban J connectivity index is 1.52. The Bertz CT molecular complexity index is 775. The van der Waals surface area contributed by atoms with E-state index in [-0.39, 0.29) is 12.5 Å². The van der Waals surface area contributed by atoms with Crippen LogP contribution in [0.5, 0.6) is 5.75 Å². The Kier molecular flexibility index (Phi) is 5.38. The van der Waals surface area contributed by atoms with Gasteiger partial charge in [0.05, 0.1) is 0 Å². The summed E-state index contributed by atoms with van der Waals surface area (Å²) < 4.78 is 11.6. The molecule has 0 unspecified atom stereocenters. The second-order valence-electron chi connectivity index (χ2n) is 5.75. The molecular formula is C19H18BrNO4. The lowest BCUT2D eigenvalue weighted by molar-refractivity contribution is -0.154. The van der Waals surface area contributed by atoms with E-state index in [1.54, 1.807) is 24.0 Å². The van der Waals surface area contributed by atoms with Gasteiger partial charge in [-0.1, -0.05) is 34.1 Å². The van der Waals surface area contributed by atoms with Crippen molar-refractivity contribution in [2.75, 3.05) is 18.1 Å². The van der Waals surface area contributed by atoms with Crippen molar-refractivity contribution in [3.63, 3.8) is 0 Å². The van der Waals surface area contributed by atoms with Gasteiger partial charge in [-0.25, -0.2) is 4.79 Å². The van der Waals surface area contributed by atoms with Crippen molar-refractivity contribution >= 4 is 33.5 Å². The minimum absolute atomic E-state index is 0.228. The van der Waals surface area contributed by atoms with E-state index in [1.165, 1.54) is 0 Å². The molecule has 5 nitrogen and oxygen atoms in total. The van der Waals surface area contributed by atoms with Crippen LogP contribution in [-0.4, -0.2) is 31.1 Å². The molecule has 1 atom stereocenters. The average Bonchev–Trinajstić information content (AvgIpc) is 3.05. The highest BCUT2D eigenvalue weighted by Crippen LogP contribution is 2.27. The Hall–Kier alpha value is -2.34. The summed E-state index contributed by atoms with van der Waals surface area (Å²) in [5.41, 5.74) is 2.02. The van der Waals surface area contributed by atoms with E-state index < -0.39 is 12.1 Å². The van der Waals surface area contributed by atoms with Crippen LogP contribution in [0.25, 0.3) is 0 Å². The number of ether oxygens (including phenoxy) is 2. The van der Waals surface area contributed by atoms with Crippen LogP contribution in [0.2, 0.25) is 0 Å². The Morgan fingerprint density at radius 2 is 1.88 bits per heavy atom. The second-order valence-corrected chi connectivity index (χ2v) is 6.66. The van der Waals surface area contributed by atoms with E-state index in [0.717, 1.165) is 22.1 Å². The summed E-state index contributed by atoms with van der Waals surface area (Å²) in [6.45, 7) is 1.92. The van der Waals surface area contributed by atoms with Crippen LogP contribution in [0.1, 0.15) is 12.5 Å². The summed E-state index contributed by atoms with van der Waals surface area (Å²) in [6.07, 6.45) is 0.0266. The highest BCUT2D eigenvalue weighted by Gasteiger charge is 2.26. The number of para-hydroxylation sites is 1. The molecule has 0 radical (unpaired) electrons. The smallest absolute Gasteiger partial charge is 0.347 e. The van der Waals surface area contributed by atoms with Gasteiger partial charge in [0.1, 0.15) is 5.75 Å². The Morgan fingerprint density at radius 1 is 1.16 bits per heavy atom. The van der Waals surface area contributed by atoms with E-state index in [1.807, 2.05) is 36.4 Å². The van der Waals surface area contributed by atoms with Crippen LogP contribution in [-0.2, 0) is 20.7 Å². The summed E-state index contributed by atoms with van der Waals surface area (Å²) in [7, 11) is 0. The molecule has 3 rings (SSSR count). The molecule has 0 aromatic heterocycles. The van der Waals surface area contributed by atoms with E-state index in [2.05, 4.69) is 15.9 Å². The number of carbonyl (C=O) groups is 2. The molecule has 2 aromatic carbocycles. The van der Waals surface area contributed by atoms with Gasteiger partial charge >= 0.3 is 5.97 Å². The number of hydrogen-bond donors (Lipinski definition) is 0. The first kappa shape index (κ1) is 17.5. The first-order valence-corrected chi connectivity index (χ1v) is 8.81. The highest BCUT2D eigenvalue weighted by molar-refractivity contribution is 9.10. The summed E-state index contributed by atoms with van der Waals surface area (Å²) in [5, 5.41) is 0. The number of amides is 1. The van der Waals surface area contributed by atoms with Gasteiger partial charge in [0.25, 0.3) is 5.91 Å². The second kappa shape index (κ2) is 7.70. The van der Waals surface area contributed by atoms with Gasteiger partial charge in [-0.05, 0) is 49.2 Å². The van der Waals surface area contributed by atoms with Crippen LogP contribution in [0.3, 0.4) is 0 Å². The third-order valence-electron chi connectivity index (χ3n) is 3.98. The number of anilines is 1. The zero-order valence-corrected chi connectivity index (χ0v) is 15.4. The molecule has 6 heteroatoms. The van der Waals surface area contributed by atoms with Crippen LogP contribution in [0.4, 0.5) is 5.69 Å². The van der Waals surface area contributed by atoms with Crippen molar-refractivity contribution in [3.05, 3.63) is 58.6 Å². The molecule has 0 spiro atoms. The SMILES string of the molecule is C[C@H](Oc1ccc(Br)cc1)C(=O)OCC(=O)N1CCc2ccccc21. The fourth-order valence-electron chi connectivity index (χ4n) is 2.69. The first-order valence-electron chi connectivity index (χ1n) is 8.02. The third-order valence-corrected chi connectivity index (χ3v) is 4.51. The van der Waals surface area contributed by atoms with Crippen LogP contribution in [0.15, 0.2) is 53.0 Å². The fourth-order valence-corrected chi connectivity index (χ4v) is 2.96. The normalized spacial score (nSPS) is 13.9. The lowest BCUT2D eigenvalue weighted by atomic mass is 10.2. The van der Waals surface area contributed by atoms with Gasteiger partial charge < -0.3 is 14.4 Å². The largest absolute Gasteiger partial charge is 0.479 e. The predicted octanol–water partition coefficient (Wildman–Crippen LogP) is 3.35. The van der Waals surface area contributed by atoms with Crippen molar-refractivity contribution in [2.45, 2.75) is 19.4 Å². The topological polar surface area (TPSA) is 55.8 Å². The molecule has 1 aliphatic heterocycles. The number of hydrogen-bond acceptors (Lipinski definition) is 4. The van der Waals surface area contributed by atoms with Crippen LogP contribution < -0.4 is 9.64 Å². The molecule has 1 aliphatic rings. The van der Waals surface area contributed by atoms with Gasteiger partial charge in [0.15, 0.2) is 12.7 Å². The lowest BCUT2D eigenvalue weighted by Gasteiger charge is -2.18. The maximum Gasteiger partial charge on any atom is 0.347 e. The fraction of sp³-hybridized carbons (Fsp3) is 0.263. The molecule has 0 aliphatic carbocycles. The van der Waals surface area contributed by atoms with Crippen LogP contribution in [0, 0.1) is 0 Å². The maximum absolute atomic E-state index is 12.3. The molecule has 0 N–H and O–H groups in total. The molecule has 0 fully saturated rings. The monoisotopic (exact) mass is 403 g/mol. The van der Waals surface area contributed by atoms with E-state index in [4.69, 9.17) is 9.47 Å². The number of halogens is 1. The molecule has 130 valence electrons. The van der Waals surface area contributed by atoms with Crippen LogP contribution >= 0.6 is 15.9 Å². The zero-order valence-electron chi connectivity index (χ0n) is 13.8. The average molecular weight is 404 g/mol. The number of fused-ring (bicyclic) bond motifs is 1. The number of esters is 1. The lowest BCUT2D eigenvalue weighted by Crippen LogP contribution is -2.35. The zero-order chi connectivity index (χ0) is 17.8. The number of carbonyl (C=O) groups excluding carboxylic acids is 2. The number of nitrogens with zero attached hydrogens (tertiary/aromatic N) is 1. The molecule has 1 amide bonds. The van der Waals surface area contributed by atoms with Gasteiger partial charge in [-0.3, -0.25) is 4.79 Å². The molecule has 0 saturated heterocycles. The van der Waals surface area contributed by atoms with E-state index >= 15 is 0 Å². The third kappa shape index (κ3) is 4.20. The molecule has 25 heavy (non-hydrogen) atoms. The minimum Gasteiger partial charge on any atom is -0.479 e. The van der Waals surface area contributed by atoms with Crippen molar-refractivity contribution in [3.8, 4) is 5.75 Å². The molecular weight excluding hydrogens is 386 g/mol. The number of benzene rings is 2. The molecule has 2 aromatic rings. The summed E-state index contributed by atoms with van der Waals surface area (Å²) >= 11 is 3.34. The van der Waals surface area contributed by atoms with Crippen molar-refractivity contribution in [2.24, 2.45) is 0 Å². The summed E-state index contributed by atoms with van der Waals surface area (Å²) in [5.74, 6) is -0.231. The Labute approximate surface area is 154 Å². The van der Waals surface area contributed by atoms with Crippen molar-refractivity contribution < 1.29 is 19.1 Å². The van der Waals surface area contributed by atoms with Gasteiger partial charge in [-0.15, -0.1) is 0 Å². The summed E-state index contributed by atoms with van der Waals surface area (Å²) in [4.78, 5) is 26.0. The predicted molar refractivity (Wildman–Crippen MR) is 97.7 cm³/mol. The van der Waals surface area contributed by atoms with Gasteiger partial charge in [0.2, 0.25) is 0 Å². The Morgan fingerprint density at radius 3 is 2.64 bits per heavy atom. The molecule has 0 saturated carbocycles. The summed E-state index contributed by atoms with van der Waals surface area (Å²) in [6, 6.07) is 14.9. The van der Waals surface area contributed by atoms with E-state index in [9.17, 15) is 9.59 Å². The maximum atomic E-state index is 12.3. The number of rotatable bonds is 5. The van der Waals surface area contributed by atoms with Gasteiger partial charge in [-0.2, -0.15) is 0 Å². The standard InChI is InChI=1S/C19H18BrNO4/c1-13(25-16-8-6-15(20)7-9-16)19(23)24-12-18(22)21-11-10-14-4-2-3-5-17(14)21/h2-9,13H,10-12H2,1H3/t13-/m0/s1. The van der Waals surface area contributed by atoms with Gasteiger partial charge in [0, 0.05) is 16.7 Å². The van der Waals surface area contributed by atoms with Crippen molar-refractivity contribution in [1.82, 2.24) is 0 Å². The highest BCUT2D eigenvalue weighted by atomic mass is 79.9. The molecule has 0 bridgehead atoms. The van der Waals surface area contributed by atoms with E-state index in [0.29, 0.717) is 12.3 Å². The quantitative estimate of drug-likeness (QED) is 0.718.